The summed E-state index contributed by atoms with van der Waals surface area (Å²) in [4.78, 5) is 24.5. The lowest BCUT2D eigenvalue weighted by Crippen LogP contribution is -2.32. The molecule has 0 spiro atoms. The van der Waals surface area contributed by atoms with Crippen LogP contribution in [0.15, 0.2) is 0 Å². The standard InChI is InChI=1S/C12H22N2O2/c1-10(15)9-11-5-3-7-14(11)8-4-6-12(16)13-2/h11H,3-9H2,1-2H3,(H,13,16). The maximum absolute atomic E-state index is 11.1. The molecule has 1 atom stereocenters. The highest BCUT2D eigenvalue weighted by atomic mass is 16.1. The predicted octanol–water partition coefficient (Wildman–Crippen LogP) is 0.956. The third kappa shape index (κ3) is 4.31. The Balaban J connectivity index is 2.24. The molecule has 92 valence electrons. The van der Waals surface area contributed by atoms with E-state index in [1.165, 1.54) is 6.42 Å². The summed E-state index contributed by atoms with van der Waals surface area (Å²) in [7, 11) is 1.66. The number of rotatable bonds is 6. The van der Waals surface area contributed by atoms with Gasteiger partial charge in [-0.1, -0.05) is 0 Å². The molecule has 1 unspecified atom stereocenters. The van der Waals surface area contributed by atoms with E-state index in [4.69, 9.17) is 0 Å². The van der Waals surface area contributed by atoms with Crippen LogP contribution in [0.1, 0.15) is 39.0 Å². The lowest BCUT2D eigenvalue weighted by atomic mass is 10.1. The molecule has 0 aromatic carbocycles. The Labute approximate surface area is 97.4 Å². The van der Waals surface area contributed by atoms with E-state index in [1.54, 1.807) is 14.0 Å². The largest absolute Gasteiger partial charge is 0.359 e. The molecule has 0 aromatic rings. The molecule has 1 fully saturated rings. The number of Topliss-reactive ketones (excluding diaryl/α,β-unsaturated/α-hetero) is 1. The molecule has 0 aromatic heterocycles. The fraction of sp³-hybridized carbons (Fsp3) is 0.833. The van der Waals surface area contributed by atoms with Crippen molar-refractivity contribution in [3.05, 3.63) is 0 Å². The van der Waals surface area contributed by atoms with E-state index in [-0.39, 0.29) is 11.7 Å². The number of nitrogens with one attached hydrogen (secondary N) is 1. The zero-order valence-corrected chi connectivity index (χ0v) is 10.3. The first-order chi connectivity index (χ1) is 7.63. The zero-order valence-electron chi connectivity index (χ0n) is 10.3. The fourth-order valence-electron chi connectivity index (χ4n) is 2.32. The van der Waals surface area contributed by atoms with Crippen molar-refractivity contribution in [2.75, 3.05) is 20.1 Å². The first kappa shape index (κ1) is 13.2. The van der Waals surface area contributed by atoms with E-state index in [1.807, 2.05) is 0 Å². The molecule has 0 radical (unpaired) electrons. The first-order valence-electron chi connectivity index (χ1n) is 6.07. The van der Waals surface area contributed by atoms with Gasteiger partial charge in [0, 0.05) is 25.9 Å². The van der Waals surface area contributed by atoms with E-state index in [0.717, 1.165) is 25.9 Å². The average molecular weight is 226 g/mol. The van der Waals surface area contributed by atoms with Gasteiger partial charge in [-0.05, 0) is 39.3 Å². The number of nitrogens with zero attached hydrogens (tertiary/aromatic N) is 1. The van der Waals surface area contributed by atoms with Crippen LogP contribution < -0.4 is 5.32 Å². The molecule has 1 heterocycles. The lowest BCUT2D eigenvalue weighted by molar-refractivity contribution is -0.121. The SMILES string of the molecule is CNC(=O)CCCN1CCCC1CC(C)=O. The summed E-state index contributed by atoms with van der Waals surface area (Å²) in [6.07, 6.45) is 4.44. The molecular formula is C12H22N2O2. The molecule has 1 aliphatic heterocycles. The van der Waals surface area contributed by atoms with Gasteiger partial charge >= 0.3 is 0 Å². The summed E-state index contributed by atoms with van der Waals surface area (Å²) < 4.78 is 0. The van der Waals surface area contributed by atoms with Crippen molar-refractivity contribution >= 4 is 11.7 Å². The smallest absolute Gasteiger partial charge is 0.219 e. The molecule has 1 N–H and O–H groups in total. The summed E-state index contributed by atoms with van der Waals surface area (Å²) in [5.41, 5.74) is 0. The monoisotopic (exact) mass is 226 g/mol. The summed E-state index contributed by atoms with van der Waals surface area (Å²) >= 11 is 0. The molecule has 4 nitrogen and oxygen atoms in total. The van der Waals surface area contributed by atoms with Crippen LogP contribution in [-0.2, 0) is 9.59 Å². The summed E-state index contributed by atoms with van der Waals surface area (Å²) in [6, 6.07) is 0.419. The Kier molecular flexibility index (Phi) is 5.46. The van der Waals surface area contributed by atoms with Crippen LogP contribution in [0, 0.1) is 0 Å². The van der Waals surface area contributed by atoms with E-state index >= 15 is 0 Å². The van der Waals surface area contributed by atoms with Gasteiger partial charge in [-0.2, -0.15) is 0 Å². The Morgan fingerprint density at radius 2 is 2.19 bits per heavy atom. The number of ketones is 1. The highest BCUT2D eigenvalue weighted by Gasteiger charge is 2.24. The minimum Gasteiger partial charge on any atom is -0.359 e. The first-order valence-corrected chi connectivity index (χ1v) is 6.07. The number of likely N-dealkylation sites (tertiary alicyclic amines) is 1. The van der Waals surface area contributed by atoms with Crippen molar-refractivity contribution in [3.8, 4) is 0 Å². The zero-order chi connectivity index (χ0) is 12.0. The van der Waals surface area contributed by atoms with Crippen molar-refractivity contribution in [2.45, 2.75) is 45.1 Å². The van der Waals surface area contributed by atoms with Crippen LogP contribution in [0.4, 0.5) is 0 Å². The minimum absolute atomic E-state index is 0.0994. The number of amides is 1. The second-order valence-electron chi connectivity index (χ2n) is 4.51. The predicted molar refractivity (Wildman–Crippen MR) is 63.2 cm³/mol. The van der Waals surface area contributed by atoms with Gasteiger partial charge in [0.1, 0.15) is 5.78 Å². The van der Waals surface area contributed by atoms with Gasteiger partial charge in [0.2, 0.25) is 5.91 Å². The van der Waals surface area contributed by atoms with Gasteiger partial charge in [0.05, 0.1) is 0 Å². The minimum atomic E-state index is 0.0994. The van der Waals surface area contributed by atoms with Crippen LogP contribution in [0.3, 0.4) is 0 Å². The normalized spacial score (nSPS) is 21.0. The van der Waals surface area contributed by atoms with Crippen LogP contribution in [-0.4, -0.2) is 42.8 Å². The number of carbonyl (C=O) groups is 2. The maximum Gasteiger partial charge on any atom is 0.219 e. The second kappa shape index (κ2) is 6.63. The summed E-state index contributed by atoms with van der Waals surface area (Å²) in [5.74, 6) is 0.366. The van der Waals surface area contributed by atoms with E-state index in [9.17, 15) is 9.59 Å². The second-order valence-corrected chi connectivity index (χ2v) is 4.51. The Morgan fingerprint density at radius 1 is 1.44 bits per heavy atom. The number of hydrogen-bond acceptors (Lipinski definition) is 3. The number of hydrogen-bond donors (Lipinski definition) is 1. The molecular weight excluding hydrogens is 204 g/mol. The molecule has 1 saturated heterocycles. The van der Waals surface area contributed by atoms with Crippen molar-refractivity contribution in [2.24, 2.45) is 0 Å². The molecule has 4 heteroatoms. The van der Waals surface area contributed by atoms with Crippen LogP contribution in [0.5, 0.6) is 0 Å². The van der Waals surface area contributed by atoms with Gasteiger partial charge in [-0.15, -0.1) is 0 Å². The maximum atomic E-state index is 11.1. The molecule has 0 aliphatic carbocycles. The van der Waals surface area contributed by atoms with Crippen LogP contribution in [0.25, 0.3) is 0 Å². The van der Waals surface area contributed by atoms with Crippen molar-refractivity contribution in [3.63, 3.8) is 0 Å². The van der Waals surface area contributed by atoms with Gasteiger partial charge in [0.15, 0.2) is 0 Å². The summed E-state index contributed by atoms with van der Waals surface area (Å²) in [5, 5.41) is 2.62. The highest BCUT2D eigenvalue weighted by Crippen LogP contribution is 2.20. The molecule has 1 aliphatic rings. The molecule has 1 rings (SSSR count). The molecule has 0 bridgehead atoms. The molecule has 0 saturated carbocycles. The van der Waals surface area contributed by atoms with Gasteiger partial charge in [-0.25, -0.2) is 0 Å². The third-order valence-electron chi connectivity index (χ3n) is 3.15. The van der Waals surface area contributed by atoms with Crippen molar-refractivity contribution in [1.29, 1.82) is 0 Å². The lowest BCUT2D eigenvalue weighted by Gasteiger charge is -2.23. The average Bonchev–Trinajstić information content (AvgIpc) is 2.64. The highest BCUT2D eigenvalue weighted by molar-refractivity contribution is 5.76. The van der Waals surface area contributed by atoms with Crippen molar-refractivity contribution in [1.82, 2.24) is 10.2 Å². The van der Waals surface area contributed by atoms with Gasteiger partial charge < -0.3 is 5.32 Å². The van der Waals surface area contributed by atoms with Gasteiger partial charge in [0.25, 0.3) is 0 Å². The van der Waals surface area contributed by atoms with E-state index in [2.05, 4.69) is 10.2 Å². The van der Waals surface area contributed by atoms with Crippen molar-refractivity contribution < 1.29 is 9.59 Å². The topological polar surface area (TPSA) is 49.4 Å². The molecule has 16 heavy (non-hydrogen) atoms. The van der Waals surface area contributed by atoms with E-state index in [0.29, 0.717) is 18.9 Å². The Bertz CT molecular complexity index is 253. The van der Waals surface area contributed by atoms with Gasteiger partial charge in [-0.3, -0.25) is 14.5 Å². The van der Waals surface area contributed by atoms with Crippen LogP contribution in [0.2, 0.25) is 0 Å². The number of carbonyl (C=O) groups excluding carboxylic acids is 2. The summed E-state index contributed by atoms with van der Waals surface area (Å²) in [6.45, 7) is 3.66. The fourth-order valence-corrected chi connectivity index (χ4v) is 2.32. The molecule has 1 amide bonds. The Morgan fingerprint density at radius 3 is 2.81 bits per heavy atom. The van der Waals surface area contributed by atoms with Crippen LogP contribution >= 0.6 is 0 Å². The third-order valence-corrected chi connectivity index (χ3v) is 3.15. The quantitative estimate of drug-likeness (QED) is 0.734. The Hall–Kier alpha value is -0.900. The van der Waals surface area contributed by atoms with E-state index < -0.39 is 0 Å².